The minimum absolute atomic E-state index is 0.0350. The normalized spacial score (nSPS) is 23.3. The van der Waals surface area contributed by atoms with Crippen LogP contribution in [-0.2, 0) is 20.9 Å². The molecule has 1 aliphatic rings. The van der Waals surface area contributed by atoms with Crippen LogP contribution in [0, 0.1) is 5.41 Å². The Hall–Kier alpha value is -1.78. The van der Waals surface area contributed by atoms with Gasteiger partial charge in [0.25, 0.3) is 0 Å². The van der Waals surface area contributed by atoms with E-state index in [1.807, 2.05) is 18.2 Å². The molecule has 1 fully saturated rings. The van der Waals surface area contributed by atoms with Gasteiger partial charge in [-0.2, -0.15) is 0 Å². The molecule has 0 saturated heterocycles. The number of ketones is 1. The molecule has 5 heteroatoms. The standard InChI is InChI=1S/C18H22F2O3/c1-2-15(21)11-17(9-6-10-18(19,20)13-17)16(22)23-12-14-7-4-3-5-8-14/h3-5,7-8H,2,6,9-13H2,1H3. The summed E-state index contributed by atoms with van der Waals surface area (Å²) in [4.78, 5) is 24.3. The average Bonchev–Trinajstić information content (AvgIpc) is 2.52. The van der Waals surface area contributed by atoms with E-state index in [0.29, 0.717) is 0 Å². The third-order valence-electron chi connectivity index (χ3n) is 4.37. The average molecular weight is 324 g/mol. The van der Waals surface area contributed by atoms with E-state index in [2.05, 4.69) is 0 Å². The Morgan fingerprint density at radius 2 is 1.87 bits per heavy atom. The highest BCUT2D eigenvalue weighted by molar-refractivity contribution is 5.87. The fourth-order valence-electron chi connectivity index (χ4n) is 3.13. The van der Waals surface area contributed by atoms with Crippen LogP contribution < -0.4 is 0 Å². The second-order valence-electron chi connectivity index (χ2n) is 6.30. The highest BCUT2D eigenvalue weighted by Gasteiger charge is 2.51. The SMILES string of the molecule is CCC(=O)CC1(C(=O)OCc2ccccc2)CCCC(F)(F)C1. The summed E-state index contributed by atoms with van der Waals surface area (Å²) in [7, 11) is 0. The Morgan fingerprint density at radius 3 is 2.48 bits per heavy atom. The van der Waals surface area contributed by atoms with Crippen LogP contribution in [0.5, 0.6) is 0 Å². The molecule has 0 bridgehead atoms. The number of hydrogen-bond donors (Lipinski definition) is 0. The number of hydrogen-bond acceptors (Lipinski definition) is 3. The van der Waals surface area contributed by atoms with Crippen LogP contribution >= 0.6 is 0 Å². The Kier molecular flexibility index (Phi) is 5.50. The number of esters is 1. The number of Topliss-reactive ketones (excluding diaryl/α,β-unsaturated/α-hetero) is 1. The smallest absolute Gasteiger partial charge is 0.313 e. The van der Waals surface area contributed by atoms with Crippen molar-refractivity contribution in [2.75, 3.05) is 0 Å². The van der Waals surface area contributed by atoms with Gasteiger partial charge < -0.3 is 4.74 Å². The molecule has 0 amide bonds. The lowest BCUT2D eigenvalue weighted by atomic mass is 9.69. The number of rotatable bonds is 6. The van der Waals surface area contributed by atoms with Crippen LogP contribution in [0.25, 0.3) is 0 Å². The van der Waals surface area contributed by atoms with Gasteiger partial charge in [0.1, 0.15) is 12.4 Å². The van der Waals surface area contributed by atoms with E-state index in [1.54, 1.807) is 19.1 Å². The van der Waals surface area contributed by atoms with E-state index >= 15 is 0 Å². The molecule has 126 valence electrons. The number of carbonyl (C=O) groups is 2. The molecule has 1 saturated carbocycles. The number of halogens is 2. The van der Waals surface area contributed by atoms with Gasteiger partial charge in [0, 0.05) is 25.7 Å². The molecular weight excluding hydrogens is 302 g/mol. The van der Waals surface area contributed by atoms with Gasteiger partial charge in [-0.1, -0.05) is 37.3 Å². The first-order valence-corrected chi connectivity index (χ1v) is 7.98. The molecule has 0 spiro atoms. The van der Waals surface area contributed by atoms with Gasteiger partial charge in [0.15, 0.2) is 0 Å². The van der Waals surface area contributed by atoms with E-state index < -0.39 is 23.7 Å². The Bertz CT molecular complexity index is 557. The van der Waals surface area contributed by atoms with E-state index in [0.717, 1.165) is 5.56 Å². The van der Waals surface area contributed by atoms with Crippen molar-refractivity contribution < 1.29 is 23.1 Å². The predicted octanol–water partition coefficient (Wildman–Crippen LogP) is 4.29. The molecule has 1 aromatic carbocycles. The highest BCUT2D eigenvalue weighted by atomic mass is 19.3. The predicted molar refractivity (Wildman–Crippen MR) is 82.0 cm³/mol. The zero-order chi connectivity index (χ0) is 16.9. The summed E-state index contributed by atoms with van der Waals surface area (Å²) in [5.41, 5.74) is -0.593. The van der Waals surface area contributed by atoms with Crippen LogP contribution in [0.1, 0.15) is 51.0 Å². The Balaban J connectivity index is 2.12. The summed E-state index contributed by atoms with van der Waals surface area (Å²) in [5.74, 6) is -3.78. The van der Waals surface area contributed by atoms with Crippen molar-refractivity contribution in [3.8, 4) is 0 Å². The van der Waals surface area contributed by atoms with Crippen LogP contribution in [0.15, 0.2) is 30.3 Å². The Labute approximate surface area is 135 Å². The van der Waals surface area contributed by atoms with Crippen molar-refractivity contribution in [3.05, 3.63) is 35.9 Å². The maximum atomic E-state index is 13.9. The summed E-state index contributed by atoms with van der Waals surface area (Å²) >= 11 is 0. The lowest BCUT2D eigenvalue weighted by Gasteiger charge is -2.38. The zero-order valence-corrected chi connectivity index (χ0v) is 13.3. The fourth-order valence-corrected chi connectivity index (χ4v) is 3.13. The summed E-state index contributed by atoms with van der Waals surface area (Å²) < 4.78 is 33.0. The van der Waals surface area contributed by atoms with E-state index in [-0.39, 0.29) is 44.5 Å². The molecule has 1 atom stereocenters. The van der Waals surface area contributed by atoms with Crippen LogP contribution in [0.4, 0.5) is 8.78 Å². The third-order valence-corrected chi connectivity index (χ3v) is 4.37. The lowest BCUT2D eigenvalue weighted by Crippen LogP contribution is -2.43. The molecule has 3 nitrogen and oxygen atoms in total. The molecule has 1 unspecified atom stereocenters. The number of ether oxygens (including phenoxy) is 1. The van der Waals surface area contributed by atoms with Gasteiger partial charge in [-0.05, 0) is 18.4 Å². The molecule has 0 N–H and O–H groups in total. The van der Waals surface area contributed by atoms with Crippen LogP contribution in [-0.4, -0.2) is 17.7 Å². The lowest BCUT2D eigenvalue weighted by molar-refractivity contribution is -0.172. The highest BCUT2D eigenvalue weighted by Crippen LogP contribution is 2.47. The van der Waals surface area contributed by atoms with Gasteiger partial charge in [-0.15, -0.1) is 0 Å². The molecule has 0 aromatic heterocycles. The molecule has 23 heavy (non-hydrogen) atoms. The molecule has 0 radical (unpaired) electrons. The minimum atomic E-state index is -2.92. The van der Waals surface area contributed by atoms with Crippen molar-refractivity contribution in [2.45, 2.75) is 58.0 Å². The first-order valence-electron chi connectivity index (χ1n) is 7.98. The van der Waals surface area contributed by atoms with Gasteiger partial charge in [0.05, 0.1) is 5.41 Å². The quantitative estimate of drug-likeness (QED) is 0.733. The van der Waals surface area contributed by atoms with Crippen LogP contribution in [0.2, 0.25) is 0 Å². The van der Waals surface area contributed by atoms with Crippen molar-refractivity contribution in [1.82, 2.24) is 0 Å². The van der Waals surface area contributed by atoms with Crippen molar-refractivity contribution >= 4 is 11.8 Å². The Morgan fingerprint density at radius 1 is 1.17 bits per heavy atom. The molecule has 2 rings (SSSR count). The maximum Gasteiger partial charge on any atom is 0.313 e. The molecular formula is C18H22F2O3. The molecule has 1 aromatic rings. The van der Waals surface area contributed by atoms with Gasteiger partial charge in [-0.25, -0.2) is 8.78 Å². The van der Waals surface area contributed by atoms with Crippen molar-refractivity contribution in [3.63, 3.8) is 0 Å². The van der Waals surface area contributed by atoms with Gasteiger partial charge >= 0.3 is 5.97 Å². The fraction of sp³-hybridized carbons (Fsp3) is 0.556. The first-order chi connectivity index (χ1) is 10.9. The molecule has 0 heterocycles. The minimum Gasteiger partial charge on any atom is -0.460 e. The van der Waals surface area contributed by atoms with Crippen LogP contribution in [0.3, 0.4) is 0 Å². The monoisotopic (exact) mass is 324 g/mol. The zero-order valence-electron chi connectivity index (χ0n) is 13.3. The van der Waals surface area contributed by atoms with Gasteiger partial charge in [-0.3, -0.25) is 9.59 Å². The second-order valence-corrected chi connectivity index (χ2v) is 6.30. The largest absolute Gasteiger partial charge is 0.460 e. The summed E-state index contributed by atoms with van der Waals surface area (Å²) in [6.07, 6.45) is -0.251. The topological polar surface area (TPSA) is 43.4 Å². The number of alkyl halides is 2. The third kappa shape index (κ3) is 4.60. The van der Waals surface area contributed by atoms with E-state index in [4.69, 9.17) is 4.74 Å². The summed E-state index contributed by atoms with van der Waals surface area (Å²) in [6, 6.07) is 9.07. The van der Waals surface area contributed by atoms with Crippen molar-refractivity contribution in [2.24, 2.45) is 5.41 Å². The number of carbonyl (C=O) groups excluding carboxylic acids is 2. The molecule has 0 aliphatic heterocycles. The summed E-state index contributed by atoms with van der Waals surface area (Å²) in [5, 5.41) is 0. The summed E-state index contributed by atoms with van der Waals surface area (Å²) in [6.45, 7) is 1.71. The second kappa shape index (κ2) is 7.20. The number of benzene rings is 1. The van der Waals surface area contributed by atoms with Gasteiger partial charge in [0.2, 0.25) is 5.92 Å². The maximum absolute atomic E-state index is 13.9. The van der Waals surface area contributed by atoms with Crippen molar-refractivity contribution in [1.29, 1.82) is 0 Å². The van der Waals surface area contributed by atoms with E-state index in [1.165, 1.54) is 0 Å². The first kappa shape index (κ1) is 17.6. The van der Waals surface area contributed by atoms with E-state index in [9.17, 15) is 18.4 Å². The molecule has 1 aliphatic carbocycles.